The Morgan fingerprint density at radius 3 is 2.38 bits per heavy atom. The lowest BCUT2D eigenvalue weighted by Gasteiger charge is -2.12. The number of carbonyl (C=O) groups excluding carboxylic acids is 2. The number of carbonyl (C=O) groups is 2. The van der Waals surface area contributed by atoms with Crippen molar-refractivity contribution in [2.75, 3.05) is 0 Å². The fourth-order valence-electron chi connectivity index (χ4n) is 1.33. The quantitative estimate of drug-likeness (QED) is 0.755. The van der Waals surface area contributed by atoms with Crippen molar-refractivity contribution in [3.05, 3.63) is 34.3 Å². The van der Waals surface area contributed by atoms with E-state index in [0.29, 0.717) is 6.54 Å². The molecule has 1 aromatic rings. The Labute approximate surface area is 114 Å². The number of thioether (sulfide) groups is 1. The van der Waals surface area contributed by atoms with Crippen molar-refractivity contribution in [2.45, 2.75) is 10.7 Å². The van der Waals surface area contributed by atoms with E-state index >= 15 is 0 Å². The van der Waals surface area contributed by atoms with Gasteiger partial charge >= 0.3 is 0 Å². The van der Waals surface area contributed by atoms with Crippen molar-refractivity contribution in [3.63, 3.8) is 0 Å². The van der Waals surface area contributed by atoms with E-state index < -0.39 is 4.16 Å². The smallest absolute Gasteiger partial charge is 0.272 e. The van der Waals surface area contributed by atoms with Crippen LogP contribution in [0.25, 0.3) is 0 Å². The highest BCUT2D eigenvalue weighted by Crippen LogP contribution is 2.32. The maximum atomic E-state index is 11.6. The first-order valence-corrected chi connectivity index (χ1v) is 7.07. The molecule has 1 atom stereocenters. The van der Waals surface area contributed by atoms with Crippen molar-refractivity contribution in [2.24, 2.45) is 0 Å². The summed E-state index contributed by atoms with van der Waals surface area (Å²) in [6.07, 6.45) is 0. The molecule has 1 aliphatic heterocycles. The molecule has 16 heavy (non-hydrogen) atoms. The van der Waals surface area contributed by atoms with Crippen LogP contribution in [0, 0.1) is 0 Å². The molecule has 2 amide bonds. The van der Waals surface area contributed by atoms with Gasteiger partial charge < -0.3 is 0 Å². The summed E-state index contributed by atoms with van der Waals surface area (Å²) in [5.74, 6) is -0.182. The van der Waals surface area contributed by atoms with Gasteiger partial charge in [-0.15, -0.1) is 0 Å². The van der Waals surface area contributed by atoms with Gasteiger partial charge in [-0.25, -0.2) is 0 Å². The van der Waals surface area contributed by atoms with Gasteiger partial charge in [0.2, 0.25) is 0 Å². The number of hydrogen-bond donors (Lipinski definition) is 0. The van der Waals surface area contributed by atoms with E-state index in [9.17, 15) is 9.59 Å². The largest absolute Gasteiger partial charge is 0.290 e. The van der Waals surface area contributed by atoms with Crippen molar-refractivity contribution in [1.29, 1.82) is 0 Å². The van der Waals surface area contributed by atoms with Gasteiger partial charge in [-0.3, -0.25) is 14.5 Å². The third-order valence-corrected chi connectivity index (χ3v) is 4.45. The number of rotatable bonds is 2. The number of halogens is 2. The Bertz CT molecular complexity index is 435. The number of hydrogen-bond acceptors (Lipinski definition) is 3. The lowest BCUT2D eigenvalue weighted by molar-refractivity contribution is -0.125. The molecule has 0 unspecified atom stereocenters. The summed E-state index contributed by atoms with van der Waals surface area (Å²) in [4.78, 5) is 24.4. The number of imide groups is 1. The average molecular weight is 365 g/mol. The normalized spacial score (nSPS) is 20.6. The topological polar surface area (TPSA) is 37.4 Å². The first kappa shape index (κ1) is 12.1. The van der Waals surface area contributed by atoms with Crippen LogP contribution in [0.5, 0.6) is 0 Å². The molecule has 1 heterocycles. The molecule has 1 aliphatic rings. The fraction of sp³-hybridized carbons (Fsp3) is 0.200. The highest BCUT2D eigenvalue weighted by Gasteiger charge is 2.37. The number of nitrogens with zero attached hydrogens (tertiary/aromatic N) is 1. The molecule has 84 valence electrons. The van der Waals surface area contributed by atoms with Gasteiger partial charge in [0.15, 0.2) is 0 Å². The average Bonchev–Trinajstić information content (AvgIpc) is 2.48. The number of benzene rings is 1. The zero-order valence-corrected chi connectivity index (χ0v) is 12.0. The van der Waals surface area contributed by atoms with E-state index in [2.05, 4.69) is 31.9 Å². The maximum absolute atomic E-state index is 11.6. The second-order valence-corrected chi connectivity index (χ2v) is 6.74. The molecule has 1 fully saturated rings. The Kier molecular flexibility index (Phi) is 3.71. The molecule has 0 spiro atoms. The summed E-state index contributed by atoms with van der Waals surface area (Å²) in [5.41, 5.74) is 0.937. The van der Waals surface area contributed by atoms with Crippen LogP contribution >= 0.6 is 43.6 Å². The van der Waals surface area contributed by atoms with Gasteiger partial charge in [-0.1, -0.05) is 44.0 Å². The van der Waals surface area contributed by atoms with Crippen molar-refractivity contribution >= 4 is 54.8 Å². The van der Waals surface area contributed by atoms with Crippen molar-refractivity contribution < 1.29 is 9.59 Å². The van der Waals surface area contributed by atoms with Crippen LogP contribution in [-0.2, 0) is 11.3 Å². The summed E-state index contributed by atoms with van der Waals surface area (Å²) >= 11 is 7.49. The van der Waals surface area contributed by atoms with Crippen LogP contribution in [0.15, 0.2) is 28.7 Å². The molecule has 0 aromatic heterocycles. The van der Waals surface area contributed by atoms with Crippen molar-refractivity contribution in [3.8, 4) is 0 Å². The minimum absolute atomic E-state index is 0.182. The predicted molar refractivity (Wildman–Crippen MR) is 70.4 cm³/mol. The van der Waals surface area contributed by atoms with Crippen LogP contribution in [0.3, 0.4) is 0 Å². The summed E-state index contributed by atoms with van der Waals surface area (Å²) in [5, 5.41) is -0.199. The molecule has 0 aliphatic carbocycles. The van der Waals surface area contributed by atoms with Gasteiger partial charge in [0, 0.05) is 4.47 Å². The summed E-state index contributed by atoms with van der Waals surface area (Å²) in [6.45, 7) is 0.333. The van der Waals surface area contributed by atoms with Gasteiger partial charge in [0.1, 0.15) is 4.16 Å². The minimum atomic E-state index is -0.435. The zero-order chi connectivity index (χ0) is 11.7. The SMILES string of the molecule is O=C1S[C@H](Br)C(=O)N1Cc1ccc(Br)cc1. The lowest BCUT2D eigenvalue weighted by Crippen LogP contribution is -2.29. The van der Waals surface area contributed by atoms with Crippen LogP contribution in [0.1, 0.15) is 5.56 Å². The molecule has 3 nitrogen and oxygen atoms in total. The van der Waals surface area contributed by atoms with E-state index in [1.54, 1.807) is 0 Å². The lowest BCUT2D eigenvalue weighted by atomic mass is 10.2. The molecule has 0 N–H and O–H groups in total. The number of amides is 2. The Morgan fingerprint density at radius 2 is 1.88 bits per heavy atom. The summed E-state index contributed by atoms with van der Waals surface area (Å²) in [6, 6.07) is 7.55. The Hall–Kier alpha value is -0.330. The van der Waals surface area contributed by atoms with Crippen molar-refractivity contribution in [1.82, 2.24) is 4.90 Å². The second kappa shape index (κ2) is 4.89. The van der Waals surface area contributed by atoms with Crippen LogP contribution < -0.4 is 0 Å². The Balaban J connectivity index is 2.13. The summed E-state index contributed by atoms with van der Waals surface area (Å²) in [7, 11) is 0. The van der Waals surface area contributed by atoms with Gasteiger partial charge in [-0.05, 0) is 29.5 Å². The standard InChI is InChI=1S/C10H7Br2NO2S/c11-7-3-1-6(2-4-7)5-13-9(14)8(12)16-10(13)15/h1-4,8H,5H2/t8-/m0/s1. The first-order chi connectivity index (χ1) is 7.58. The molecule has 0 bridgehead atoms. The third-order valence-electron chi connectivity index (χ3n) is 2.14. The second-order valence-electron chi connectivity index (χ2n) is 3.25. The monoisotopic (exact) mass is 363 g/mol. The highest BCUT2D eigenvalue weighted by molar-refractivity contribution is 9.12. The maximum Gasteiger partial charge on any atom is 0.290 e. The van der Waals surface area contributed by atoms with E-state index in [0.717, 1.165) is 21.8 Å². The van der Waals surface area contributed by atoms with Crippen LogP contribution in [0.4, 0.5) is 4.79 Å². The van der Waals surface area contributed by atoms with E-state index in [1.165, 1.54) is 4.90 Å². The molecule has 1 saturated heterocycles. The molecule has 0 radical (unpaired) electrons. The summed E-state index contributed by atoms with van der Waals surface area (Å²) < 4.78 is 0.540. The highest BCUT2D eigenvalue weighted by atomic mass is 79.9. The van der Waals surface area contributed by atoms with Crippen LogP contribution in [-0.4, -0.2) is 20.2 Å². The Morgan fingerprint density at radius 1 is 1.25 bits per heavy atom. The predicted octanol–water partition coefficient (Wildman–Crippen LogP) is 3.37. The third kappa shape index (κ3) is 2.49. The molecule has 6 heteroatoms. The van der Waals surface area contributed by atoms with E-state index in [4.69, 9.17) is 0 Å². The van der Waals surface area contributed by atoms with E-state index in [-0.39, 0.29) is 11.1 Å². The van der Waals surface area contributed by atoms with Crippen LogP contribution in [0.2, 0.25) is 0 Å². The molecule has 1 aromatic carbocycles. The fourth-order valence-corrected chi connectivity index (χ4v) is 3.01. The van der Waals surface area contributed by atoms with E-state index in [1.807, 2.05) is 24.3 Å². The number of alkyl halides is 1. The first-order valence-electron chi connectivity index (χ1n) is 4.48. The minimum Gasteiger partial charge on any atom is -0.272 e. The molecule has 2 rings (SSSR count). The van der Waals surface area contributed by atoms with Gasteiger partial charge in [0.25, 0.3) is 11.1 Å². The van der Waals surface area contributed by atoms with Gasteiger partial charge in [0.05, 0.1) is 6.54 Å². The molecular weight excluding hydrogens is 358 g/mol. The molecular formula is C10H7Br2NO2S. The molecule has 0 saturated carbocycles. The van der Waals surface area contributed by atoms with Gasteiger partial charge in [-0.2, -0.15) is 0 Å². The zero-order valence-electron chi connectivity index (χ0n) is 8.02.